The number of ketones is 1. The van der Waals surface area contributed by atoms with E-state index in [2.05, 4.69) is 51.5 Å². The Kier molecular flexibility index (Phi) is 37.7. The first-order valence-electron chi connectivity index (χ1n) is 33.3. The van der Waals surface area contributed by atoms with Gasteiger partial charge in [0.25, 0.3) is 0 Å². The maximum atomic E-state index is 14.0. The average Bonchev–Trinajstić information content (AvgIpc) is 4.24. The van der Waals surface area contributed by atoms with Gasteiger partial charge in [-0.3, -0.25) is 4.79 Å². The zero-order chi connectivity index (χ0) is 57.8. The lowest BCUT2D eigenvalue weighted by atomic mass is 10.1. The maximum Gasteiger partial charge on any atom is 0.205 e. The Morgan fingerprint density at radius 3 is 0.889 bits per heavy atom. The molecule has 0 radical (unpaired) electrons. The van der Waals surface area contributed by atoms with E-state index in [0.717, 1.165) is 99.6 Å². The summed E-state index contributed by atoms with van der Waals surface area (Å²) in [7, 11) is 0. The fourth-order valence-electron chi connectivity index (χ4n) is 10.2. The second-order valence-electron chi connectivity index (χ2n) is 22.8. The second-order valence-corrected chi connectivity index (χ2v) is 22.8. The van der Waals surface area contributed by atoms with Gasteiger partial charge in [0, 0.05) is 28.6 Å². The largest absolute Gasteiger partial charge is 0.506 e. The highest BCUT2D eigenvalue weighted by atomic mass is 16.5. The van der Waals surface area contributed by atoms with E-state index in [1.807, 2.05) is 36.4 Å². The molecular formula is C71H114N2O8. The summed E-state index contributed by atoms with van der Waals surface area (Å²) in [5, 5.41) is 11.6. The van der Waals surface area contributed by atoms with Crippen LogP contribution in [0.3, 0.4) is 0 Å². The van der Waals surface area contributed by atoms with Gasteiger partial charge in [-0.2, -0.15) is 0 Å². The molecule has 0 fully saturated rings. The first-order valence-corrected chi connectivity index (χ1v) is 33.3. The molecule has 2 heterocycles. The Bertz CT molecular complexity index is 2160. The van der Waals surface area contributed by atoms with E-state index in [4.69, 9.17) is 28.4 Å². The van der Waals surface area contributed by atoms with Crippen molar-refractivity contribution in [3.63, 3.8) is 0 Å². The Hall–Kier alpha value is -4.99. The summed E-state index contributed by atoms with van der Waals surface area (Å²) in [5.41, 5.74) is 3.97. The molecule has 0 aliphatic heterocycles. The van der Waals surface area contributed by atoms with Crippen molar-refractivity contribution in [2.75, 3.05) is 39.6 Å². The minimum absolute atomic E-state index is 0.164. The molecule has 0 aliphatic carbocycles. The summed E-state index contributed by atoms with van der Waals surface area (Å²) in [6.07, 6.45) is 43.5. The molecule has 0 saturated heterocycles. The number of aromatic nitrogens is 2. The molecule has 456 valence electrons. The van der Waals surface area contributed by atoms with Crippen molar-refractivity contribution in [3.8, 4) is 57.0 Å². The van der Waals surface area contributed by atoms with Crippen molar-refractivity contribution < 1.29 is 38.3 Å². The summed E-state index contributed by atoms with van der Waals surface area (Å²) < 4.78 is 39.6. The monoisotopic (exact) mass is 1120 g/mol. The van der Waals surface area contributed by atoms with Crippen LogP contribution in [-0.2, 0) is 0 Å². The van der Waals surface area contributed by atoms with Crippen molar-refractivity contribution in [2.24, 2.45) is 0 Å². The number of aliphatic hydroxyl groups excluding tert-OH is 1. The third-order valence-electron chi connectivity index (χ3n) is 15.4. The molecule has 3 N–H and O–H groups in total. The van der Waals surface area contributed by atoms with Gasteiger partial charge in [-0.25, -0.2) is 0 Å². The zero-order valence-corrected chi connectivity index (χ0v) is 52.2. The van der Waals surface area contributed by atoms with Crippen LogP contribution in [-0.4, -0.2) is 60.5 Å². The van der Waals surface area contributed by atoms with E-state index >= 15 is 0 Å². The third kappa shape index (κ3) is 28.2. The van der Waals surface area contributed by atoms with Gasteiger partial charge < -0.3 is 43.5 Å². The summed E-state index contributed by atoms with van der Waals surface area (Å²) in [4.78, 5) is 20.8. The number of benzene rings is 2. The number of allylic oxidation sites excluding steroid dienone is 1. The van der Waals surface area contributed by atoms with Gasteiger partial charge in [0.1, 0.15) is 5.76 Å². The van der Waals surface area contributed by atoms with Crippen LogP contribution < -0.4 is 28.4 Å². The molecule has 10 nitrogen and oxygen atoms in total. The minimum atomic E-state index is -0.351. The van der Waals surface area contributed by atoms with Crippen molar-refractivity contribution in [2.45, 2.75) is 273 Å². The van der Waals surface area contributed by atoms with E-state index in [9.17, 15) is 9.90 Å². The lowest BCUT2D eigenvalue weighted by Gasteiger charge is -2.19. The van der Waals surface area contributed by atoms with E-state index in [1.165, 1.54) is 160 Å². The molecule has 0 unspecified atom stereocenters. The highest BCUT2D eigenvalue weighted by molar-refractivity contribution is 6.07. The van der Waals surface area contributed by atoms with E-state index in [-0.39, 0.29) is 11.5 Å². The van der Waals surface area contributed by atoms with Crippen LogP contribution >= 0.6 is 0 Å². The van der Waals surface area contributed by atoms with Crippen LogP contribution in [0.5, 0.6) is 34.5 Å². The molecule has 0 atom stereocenters. The molecule has 0 spiro atoms. The first-order chi connectivity index (χ1) is 39.9. The number of carbonyl (C=O) groups excluding carboxylic acids is 1. The van der Waals surface area contributed by atoms with Gasteiger partial charge in [-0.15, -0.1) is 0 Å². The lowest BCUT2D eigenvalue weighted by Crippen LogP contribution is -2.07. The van der Waals surface area contributed by atoms with Gasteiger partial charge in [0.05, 0.1) is 51.0 Å². The maximum absolute atomic E-state index is 14.0. The van der Waals surface area contributed by atoms with Crippen molar-refractivity contribution in [1.82, 2.24) is 9.97 Å². The van der Waals surface area contributed by atoms with Crippen LogP contribution in [0.4, 0.5) is 0 Å². The van der Waals surface area contributed by atoms with Gasteiger partial charge >= 0.3 is 0 Å². The Morgan fingerprint density at radius 2 is 0.593 bits per heavy atom. The fraction of sp³-hybridized carbons (Fsp3) is 0.676. The average molecular weight is 1120 g/mol. The van der Waals surface area contributed by atoms with Crippen molar-refractivity contribution in [3.05, 3.63) is 66.0 Å². The Labute approximate surface area is 493 Å². The number of nitrogens with one attached hydrogen (secondary N) is 2. The summed E-state index contributed by atoms with van der Waals surface area (Å²) in [6.45, 7) is 17.0. The van der Waals surface area contributed by atoms with Crippen LogP contribution in [0.15, 0.2) is 54.6 Å². The van der Waals surface area contributed by atoms with Gasteiger partial charge in [0.2, 0.25) is 17.3 Å². The van der Waals surface area contributed by atoms with Crippen LogP contribution in [0.25, 0.3) is 28.3 Å². The second kappa shape index (κ2) is 44.6. The van der Waals surface area contributed by atoms with Crippen molar-refractivity contribution in [1.29, 1.82) is 0 Å². The normalized spacial score (nSPS) is 11.6. The lowest BCUT2D eigenvalue weighted by molar-refractivity contribution is 0.104. The molecule has 2 aromatic carbocycles. The Balaban J connectivity index is 1.61. The first kappa shape index (κ1) is 68.5. The van der Waals surface area contributed by atoms with E-state index in [0.29, 0.717) is 85.5 Å². The summed E-state index contributed by atoms with van der Waals surface area (Å²) >= 11 is 0. The highest BCUT2D eigenvalue weighted by Crippen LogP contribution is 2.44. The van der Waals surface area contributed by atoms with Crippen LogP contribution in [0.1, 0.15) is 289 Å². The van der Waals surface area contributed by atoms with Crippen LogP contribution in [0.2, 0.25) is 0 Å². The quantitative estimate of drug-likeness (QED) is 0.0173. The smallest absolute Gasteiger partial charge is 0.205 e. The molecule has 4 aromatic rings. The molecule has 0 amide bonds. The molecule has 2 aromatic heterocycles. The molecule has 4 rings (SSSR count). The Morgan fingerprint density at radius 1 is 0.346 bits per heavy atom. The number of unbranched alkanes of at least 4 members (excludes halogenated alkanes) is 30. The van der Waals surface area contributed by atoms with Crippen molar-refractivity contribution >= 4 is 11.5 Å². The fourth-order valence-corrected chi connectivity index (χ4v) is 10.2. The zero-order valence-electron chi connectivity index (χ0n) is 52.2. The molecular weight excluding hydrogens is 1010 g/mol. The molecule has 0 saturated carbocycles. The highest BCUT2D eigenvalue weighted by Gasteiger charge is 2.21. The number of rotatable bonds is 53. The van der Waals surface area contributed by atoms with E-state index in [1.54, 1.807) is 12.1 Å². The minimum Gasteiger partial charge on any atom is -0.506 e. The molecule has 0 bridgehead atoms. The predicted molar refractivity (Wildman–Crippen MR) is 341 cm³/mol. The summed E-state index contributed by atoms with van der Waals surface area (Å²) in [5.74, 6) is 3.47. The van der Waals surface area contributed by atoms with Gasteiger partial charge in [-0.1, -0.05) is 234 Å². The van der Waals surface area contributed by atoms with Gasteiger partial charge in [0.15, 0.2) is 23.0 Å². The van der Waals surface area contributed by atoms with Gasteiger partial charge in [-0.05, 0) is 87.1 Å². The number of aromatic amines is 2. The topological polar surface area (TPSA) is 124 Å². The molecule has 0 aliphatic rings. The number of hydrogen-bond donors (Lipinski definition) is 3. The number of hydrogen-bond acceptors (Lipinski definition) is 8. The number of carbonyl (C=O) groups is 1. The summed E-state index contributed by atoms with van der Waals surface area (Å²) in [6, 6.07) is 15.5. The predicted octanol–water partition coefficient (Wildman–Crippen LogP) is 21.9. The standard InChI is InChI=1S/C71H114N2O8/c1-7-13-19-25-31-37-47-76-66-53-58(54-67(77-48-38-32-26-20-14-8-2)70(66)80-51-41-35-29-23-17-11-5)60-43-45-62(72-60)64(74)57-65(75)63-46-44-61(73-63)59-55-68(78-49-39-33-27-21-15-9-3)71(81-52-42-36-30-24-18-12-6)69(56-59)79-50-40-34-28-22-16-10-4/h43-46,53-57,72-74H,7-42,47-52H2,1-6H3/b64-57-. The molecule has 81 heavy (non-hydrogen) atoms. The number of H-pyrrole nitrogens is 2. The number of aliphatic hydroxyl groups is 1. The third-order valence-corrected chi connectivity index (χ3v) is 15.4. The number of ether oxygens (including phenoxy) is 6. The van der Waals surface area contributed by atoms with E-state index < -0.39 is 0 Å². The molecule has 10 heteroatoms. The SMILES string of the molecule is CCCCCCCCOc1cc(-c2ccc(C(=O)/C=C(\O)c3ccc(-c4cc(OCCCCCCCC)c(OCCCCCCCC)c(OCCCCCCCC)c4)[nH]3)[nH]2)cc(OCCCCCCCC)c1OCCCCCCCC. The van der Waals surface area contributed by atoms with Crippen LogP contribution in [0, 0.1) is 0 Å².